The Balaban J connectivity index is 1.72. The second kappa shape index (κ2) is 6.97. The van der Waals surface area contributed by atoms with E-state index in [0.29, 0.717) is 18.8 Å². The first-order valence-electron chi connectivity index (χ1n) is 8.88. The van der Waals surface area contributed by atoms with Crippen LogP contribution in [0.15, 0.2) is 54.4 Å². The number of carbonyl (C=O) groups is 1. The molecule has 0 aliphatic carbocycles. The zero-order valence-electron chi connectivity index (χ0n) is 14.8. The topological polar surface area (TPSA) is 69.7 Å². The van der Waals surface area contributed by atoms with Gasteiger partial charge in [0.15, 0.2) is 0 Å². The Kier molecular flexibility index (Phi) is 4.53. The van der Waals surface area contributed by atoms with E-state index in [2.05, 4.69) is 59.0 Å². The number of aromatic nitrogens is 1. The number of rotatable bonds is 5. The molecule has 2 unspecified atom stereocenters. The van der Waals surface area contributed by atoms with Crippen LogP contribution in [0.4, 0.5) is 0 Å². The van der Waals surface area contributed by atoms with Gasteiger partial charge in [-0.05, 0) is 30.7 Å². The van der Waals surface area contributed by atoms with Crippen molar-refractivity contribution in [3.8, 4) is 0 Å². The number of hydrogen-bond donors (Lipinski definition) is 1. The highest BCUT2D eigenvalue weighted by atomic mass is 17.2. The summed E-state index contributed by atoms with van der Waals surface area (Å²) >= 11 is 0. The van der Waals surface area contributed by atoms with Crippen LogP contribution in [0.3, 0.4) is 0 Å². The highest BCUT2D eigenvalue weighted by molar-refractivity contribution is 5.80. The summed E-state index contributed by atoms with van der Waals surface area (Å²) in [7, 11) is 0. The number of amides is 1. The Morgan fingerprint density at radius 2 is 2.08 bits per heavy atom. The fourth-order valence-corrected chi connectivity index (χ4v) is 3.81. The van der Waals surface area contributed by atoms with Crippen LogP contribution in [0.5, 0.6) is 0 Å². The summed E-state index contributed by atoms with van der Waals surface area (Å²) in [5, 5.41) is 0. The Bertz CT molecular complexity index is 825. The molecule has 3 heterocycles. The van der Waals surface area contributed by atoms with Gasteiger partial charge in [0.2, 0.25) is 5.91 Å². The summed E-state index contributed by atoms with van der Waals surface area (Å²) in [6.45, 7) is 4.04. The lowest BCUT2D eigenvalue weighted by Gasteiger charge is -2.41. The van der Waals surface area contributed by atoms with Gasteiger partial charge in [0, 0.05) is 31.4 Å². The largest absolute Gasteiger partial charge is 0.368 e. The molecule has 1 aromatic heterocycles. The van der Waals surface area contributed by atoms with Crippen molar-refractivity contribution in [2.75, 3.05) is 13.2 Å². The minimum atomic E-state index is -0.460. The van der Waals surface area contributed by atoms with Crippen LogP contribution in [0, 0.1) is 6.92 Å². The van der Waals surface area contributed by atoms with E-state index in [-0.39, 0.29) is 11.9 Å². The molecule has 6 heteroatoms. The van der Waals surface area contributed by atoms with Gasteiger partial charge in [0.05, 0.1) is 12.1 Å². The lowest BCUT2D eigenvalue weighted by Crippen LogP contribution is -2.50. The van der Waals surface area contributed by atoms with E-state index < -0.39 is 6.04 Å². The average Bonchev–Trinajstić information content (AvgIpc) is 3.31. The van der Waals surface area contributed by atoms with Crippen LogP contribution < -0.4 is 5.73 Å². The molecule has 136 valence electrons. The summed E-state index contributed by atoms with van der Waals surface area (Å²) in [6.07, 6.45) is 4.35. The summed E-state index contributed by atoms with van der Waals surface area (Å²) in [6, 6.07) is 12.1. The Morgan fingerprint density at radius 3 is 2.77 bits per heavy atom. The molecule has 2 aromatic rings. The number of fused-ring (bicyclic) bond motifs is 1. The number of primary amides is 1. The molecule has 0 fully saturated rings. The van der Waals surface area contributed by atoms with Gasteiger partial charge < -0.3 is 15.2 Å². The molecule has 0 spiro atoms. The van der Waals surface area contributed by atoms with Crippen molar-refractivity contribution in [3.05, 3.63) is 71.3 Å². The smallest absolute Gasteiger partial charge is 0.235 e. The first-order chi connectivity index (χ1) is 12.6. The molecule has 2 atom stereocenters. The maximum Gasteiger partial charge on any atom is 0.235 e. The van der Waals surface area contributed by atoms with E-state index in [1.165, 1.54) is 11.3 Å². The quantitative estimate of drug-likeness (QED) is 0.838. The molecule has 26 heavy (non-hydrogen) atoms. The zero-order chi connectivity index (χ0) is 18.1. The standard InChI is InChI=1S/C20H23N3O3/c1-14-4-6-15(7-5-14)19-17-3-2-9-22(17)10-11-23(19)18(20(21)24)13-16-8-12-25-26-16/h2-9,18-19H,10-13H2,1H3,(H2,21,24). The predicted molar refractivity (Wildman–Crippen MR) is 96.9 cm³/mol. The van der Waals surface area contributed by atoms with E-state index in [1.807, 2.05) is 6.08 Å². The van der Waals surface area contributed by atoms with Gasteiger partial charge in [-0.1, -0.05) is 29.8 Å². The molecule has 0 bridgehead atoms. The summed E-state index contributed by atoms with van der Waals surface area (Å²) < 4.78 is 2.24. The van der Waals surface area contributed by atoms with Crippen molar-refractivity contribution in [1.29, 1.82) is 0 Å². The lowest BCUT2D eigenvalue weighted by molar-refractivity contribution is -0.236. The van der Waals surface area contributed by atoms with Crippen molar-refractivity contribution < 1.29 is 14.6 Å². The molecule has 2 aliphatic rings. The third-order valence-electron chi connectivity index (χ3n) is 5.14. The van der Waals surface area contributed by atoms with Crippen LogP contribution in [-0.4, -0.2) is 34.6 Å². The maximum absolute atomic E-state index is 12.3. The van der Waals surface area contributed by atoms with Crippen molar-refractivity contribution in [3.63, 3.8) is 0 Å². The first kappa shape index (κ1) is 16.9. The van der Waals surface area contributed by atoms with Crippen molar-refractivity contribution in [1.82, 2.24) is 9.47 Å². The highest BCUT2D eigenvalue weighted by Crippen LogP contribution is 2.35. The summed E-state index contributed by atoms with van der Waals surface area (Å²) in [4.78, 5) is 24.6. The molecule has 2 aliphatic heterocycles. The molecule has 6 nitrogen and oxygen atoms in total. The van der Waals surface area contributed by atoms with Crippen LogP contribution in [0.25, 0.3) is 0 Å². The van der Waals surface area contributed by atoms with E-state index in [4.69, 9.17) is 15.5 Å². The molecule has 1 amide bonds. The average molecular weight is 353 g/mol. The summed E-state index contributed by atoms with van der Waals surface area (Å²) in [5.41, 5.74) is 9.32. The van der Waals surface area contributed by atoms with E-state index in [0.717, 1.165) is 18.7 Å². The Morgan fingerprint density at radius 1 is 1.27 bits per heavy atom. The molecule has 0 saturated heterocycles. The molecule has 1 aromatic carbocycles. The number of benzene rings is 1. The van der Waals surface area contributed by atoms with Gasteiger partial charge in [-0.2, -0.15) is 4.89 Å². The number of hydrogen-bond acceptors (Lipinski definition) is 4. The zero-order valence-corrected chi connectivity index (χ0v) is 14.8. The normalized spacial score (nSPS) is 21.0. The maximum atomic E-state index is 12.3. The van der Waals surface area contributed by atoms with Crippen LogP contribution in [0.1, 0.15) is 29.3 Å². The fraction of sp³-hybridized carbons (Fsp3) is 0.350. The molecule has 0 saturated carbocycles. The third kappa shape index (κ3) is 3.13. The van der Waals surface area contributed by atoms with E-state index in [9.17, 15) is 4.79 Å². The lowest BCUT2D eigenvalue weighted by atomic mass is 9.95. The fourth-order valence-electron chi connectivity index (χ4n) is 3.81. The second-order valence-electron chi connectivity index (χ2n) is 6.84. The number of carbonyl (C=O) groups excluding carboxylic acids is 1. The molecule has 2 N–H and O–H groups in total. The van der Waals surface area contributed by atoms with Crippen molar-refractivity contribution in [2.45, 2.75) is 32.0 Å². The van der Waals surface area contributed by atoms with Crippen LogP contribution in [0.2, 0.25) is 0 Å². The molecule has 0 radical (unpaired) electrons. The number of nitrogens with zero attached hydrogens (tertiary/aromatic N) is 2. The van der Waals surface area contributed by atoms with E-state index in [1.54, 1.807) is 0 Å². The number of aryl methyl sites for hydroxylation is 1. The van der Waals surface area contributed by atoms with Gasteiger partial charge in [0.1, 0.15) is 12.4 Å². The van der Waals surface area contributed by atoms with Gasteiger partial charge >= 0.3 is 0 Å². The van der Waals surface area contributed by atoms with E-state index >= 15 is 0 Å². The first-order valence-corrected chi connectivity index (χ1v) is 8.88. The molecule has 4 rings (SSSR count). The third-order valence-corrected chi connectivity index (χ3v) is 5.14. The Labute approximate surface area is 152 Å². The SMILES string of the molecule is Cc1ccc(C2c3cccn3CCN2C(CC2=CCOO2)C(N)=O)cc1. The predicted octanol–water partition coefficient (Wildman–Crippen LogP) is 2.29. The number of nitrogens with two attached hydrogens (primary N) is 1. The van der Waals surface area contributed by atoms with Crippen LogP contribution in [-0.2, 0) is 21.1 Å². The van der Waals surface area contributed by atoms with Gasteiger partial charge in [0.25, 0.3) is 0 Å². The minimum Gasteiger partial charge on any atom is -0.368 e. The molecular weight excluding hydrogens is 330 g/mol. The highest BCUT2D eigenvalue weighted by Gasteiger charge is 2.37. The molecular formula is C20H23N3O3. The van der Waals surface area contributed by atoms with Gasteiger partial charge in [-0.3, -0.25) is 9.69 Å². The van der Waals surface area contributed by atoms with Crippen molar-refractivity contribution in [2.24, 2.45) is 5.73 Å². The second-order valence-corrected chi connectivity index (χ2v) is 6.84. The van der Waals surface area contributed by atoms with Gasteiger partial charge in [-0.25, -0.2) is 0 Å². The summed E-state index contributed by atoms with van der Waals surface area (Å²) in [5.74, 6) is 0.316. The minimum absolute atomic E-state index is 0.0280. The van der Waals surface area contributed by atoms with Crippen LogP contribution >= 0.6 is 0 Å². The van der Waals surface area contributed by atoms with Crippen molar-refractivity contribution >= 4 is 5.91 Å². The van der Waals surface area contributed by atoms with Gasteiger partial charge in [-0.15, -0.1) is 0 Å². The Hall–Kier alpha value is -2.57. The monoisotopic (exact) mass is 353 g/mol.